The molecule has 0 saturated carbocycles. The molecule has 5 nitrogen and oxygen atoms in total. The molecule has 2 rings (SSSR count). The second-order valence-electron chi connectivity index (χ2n) is 6.05. The van der Waals surface area contributed by atoms with E-state index in [-0.39, 0.29) is 19.0 Å². The monoisotopic (exact) mass is 394 g/mol. The fourth-order valence-corrected chi connectivity index (χ4v) is 2.69. The fraction of sp³-hybridized carbons (Fsp3) is 0.300. The highest BCUT2D eigenvalue weighted by Crippen LogP contribution is 2.18. The van der Waals surface area contributed by atoms with Gasteiger partial charge in [-0.1, -0.05) is 18.2 Å². The van der Waals surface area contributed by atoms with E-state index in [4.69, 9.17) is 4.74 Å². The minimum Gasteiger partial charge on any atom is -0.496 e. The van der Waals surface area contributed by atoms with Crippen LogP contribution < -0.4 is 10.1 Å². The molecule has 0 fully saturated rings. The lowest BCUT2D eigenvalue weighted by Crippen LogP contribution is -2.38. The molecule has 0 aliphatic heterocycles. The summed E-state index contributed by atoms with van der Waals surface area (Å²) in [6.07, 6.45) is 0.551. The van der Waals surface area contributed by atoms with Gasteiger partial charge in [0.25, 0.3) is 5.91 Å². The first kappa shape index (κ1) is 21.3. The average molecular weight is 394 g/mol. The summed E-state index contributed by atoms with van der Waals surface area (Å²) in [5, 5.41) is 2.41. The van der Waals surface area contributed by atoms with Gasteiger partial charge in [-0.25, -0.2) is 13.2 Å². The number of hydrogen-bond donors (Lipinski definition) is 1. The zero-order valence-corrected chi connectivity index (χ0v) is 15.6. The van der Waals surface area contributed by atoms with E-state index in [2.05, 4.69) is 5.32 Å². The standard InChI is InChI=1S/C20H21F3N2O3/c1-13(26)25(11-9-14-5-3-4-6-17(14)28-2)12-10-24-20(27)15-7-8-16(21)19(23)18(15)22/h3-8H,9-12H2,1-2H3,(H,24,27). The molecule has 2 aromatic rings. The molecule has 0 saturated heterocycles. The molecule has 0 atom stereocenters. The van der Waals surface area contributed by atoms with E-state index in [0.717, 1.165) is 11.6 Å². The number of rotatable bonds is 8. The zero-order valence-electron chi connectivity index (χ0n) is 15.6. The first-order chi connectivity index (χ1) is 13.3. The molecule has 2 aromatic carbocycles. The van der Waals surface area contributed by atoms with Crippen molar-refractivity contribution < 1.29 is 27.5 Å². The van der Waals surface area contributed by atoms with Crippen molar-refractivity contribution in [2.24, 2.45) is 0 Å². The van der Waals surface area contributed by atoms with Gasteiger partial charge in [0.15, 0.2) is 17.5 Å². The summed E-state index contributed by atoms with van der Waals surface area (Å²) in [6, 6.07) is 8.98. The van der Waals surface area contributed by atoms with E-state index in [1.54, 1.807) is 7.11 Å². The highest BCUT2D eigenvalue weighted by Gasteiger charge is 2.19. The Morgan fingerprint density at radius 2 is 1.75 bits per heavy atom. The normalized spacial score (nSPS) is 10.5. The number of halogens is 3. The fourth-order valence-electron chi connectivity index (χ4n) is 2.69. The van der Waals surface area contributed by atoms with Crippen LogP contribution in [0.1, 0.15) is 22.8 Å². The van der Waals surface area contributed by atoms with E-state index in [9.17, 15) is 22.8 Å². The molecule has 2 amide bonds. The Bertz CT molecular complexity index is 859. The highest BCUT2D eigenvalue weighted by molar-refractivity contribution is 5.94. The van der Waals surface area contributed by atoms with E-state index in [0.29, 0.717) is 24.8 Å². The van der Waals surface area contributed by atoms with Crippen LogP contribution in [0.2, 0.25) is 0 Å². The van der Waals surface area contributed by atoms with Crippen LogP contribution in [0.25, 0.3) is 0 Å². The van der Waals surface area contributed by atoms with Gasteiger partial charge in [0.2, 0.25) is 5.91 Å². The molecular weight excluding hydrogens is 373 g/mol. The quantitative estimate of drug-likeness (QED) is 0.701. The first-order valence-corrected chi connectivity index (χ1v) is 8.64. The van der Waals surface area contributed by atoms with Gasteiger partial charge in [0.1, 0.15) is 5.75 Å². The largest absolute Gasteiger partial charge is 0.496 e. The number of ether oxygens (including phenoxy) is 1. The molecule has 0 unspecified atom stereocenters. The number of nitrogens with one attached hydrogen (secondary N) is 1. The number of benzene rings is 2. The van der Waals surface area contributed by atoms with E-state index in [1.165, 1.54) is 11.8 Å². The molecule has 150 valence electrons. The maximum Gasteiger partial charge on any atom is 0.254 e. The van der Waals surface area contributed by atoms with Crippen molar-refractivity contribution in [1.82, 2.24) is 10.2 Å². The van der Waals surface area contributed by atoms with E-state index in [1.807, 2.05) is 24.3 Å². The second-order valence-corrected chi connectivity index (χ2v) is 6.05. The van der Waals surface area contributed by atoms with Gasteiger partial charge < -0.3 is 15.0 Å². The maximum absolute atomic E-state index is 13.7. The summed E-state index contributed by atoms with van der Waals surface area (Å²) in [5.41, 5.74) is 0.339. The number of carbonyl (C=O) groups is 2. The molecule has 0 heterocycles. The number of methoxy groups -OCH3 is 1. The molecule has 0 aromatic heterocycles. The minimum absolute atomic E-state index is 0.0305. The number of nitrogens with zero attached hydrogens (tertiary/aromatic N) is 1. The van der Waals surface area contributed by atoms with Crippen LogP contribution >= 0.6 is 0 Å². The van der Waals surface area contributed by atoms with E-state index >= 15 is 0 Å². The minimum atomic E-state index is -1.70. The van der Waals surface area contributed by atoms with Gasteiger partial charge in [0, 0.05) is 26.6 Å². The Balaban J connectivity index is 1.92. The Labute approximate surface area is 161 Å². The Hall–Kier alpha value is -3.03. The third-order valence-corrected chi connectivity index (χ3v) is 4.24. The third kappa shape index (κ3) is 5.25. The average Bonchev–Trinajstić information content (AvgIpc) is 2.68. The third-order valence-electron chi connectivity index (χ3n) is 4.24. The van der Waals surface area contributed by atoms with Gasteiger partial charge in [-0.15, -0.1) is 0 Å². The van der Waals surface area contributed by atoms with Crippen LogP contribution in [0.5, 0.6) is 5.75 Å². The number of para-hydroxylation sites is 1. The zero-order chi connectivity index (χ0) is 20.7. The number of carbonyl (C=O) groups excluding carboxylic acids is 2. The van der Waals surface area contributed by atoms with Crippen molar-refractivity contribution in [2.45, 2.75) is 13.3 Å². The van der Waals surface area contributed by atoms with Crippen LogP contribution in [0.3, 0.4) is 0 Å². The molecule has 0 bridgehead atoms. The topological polar surface area (TPSA) is 58.6 Å². The predicted molar refractivity (Wildman–Crippen MR) is 97.6 cm³/mol. The summed E-state index contributed by atoms with van der Waals surface area (Å²) in [4.78, 5) is 25.3. The smallest absolute Gasteiger partial charge is 0.254 e. The molecule has 28 heavy (non-hydrogen) atoms. The van der Waals surface area contributed by atoms with Crippen molar-refractivity contribution in [2.75, 3.05) is 26.7 Å². The van der Waals surface area contributed by atoms with Crippen LogP contribution in [-0.4, -0.2) is 43.5 Å². The molecule has 0 aliphatic rings. The molecule has 0 aliphatic carbocycles. The maximum atomic E-state index is 13.7. The molecule has 1 N–H and O–H groups in total. The van der Waals surface area contributed by atoms with Crippen LogP contribution in [0.4, 0.5) is 13.2 Å². The van der Waals surface area contributed by atoms with Gasteiger partial charge >= 0.3 is 0 Å². The van der Waals surface area contributed by atoms with Gasteiger partial charge in [-0.05, 0) is 30.2 Å². The lowest BCUT2D eigenvalue weighted by molar-refractivity contribution is -0.128. The summed E-state index contributed by atoms with van der Waals surface area (Å²) in [7, 11) is 1.56. The SMILES string of the molecule is COc1ccccc1CCN(CCNC(=O)c1ccc(F)c(F)c1F)C(C)=O. The van der Waals surface area contributed by atoms with Crippen molar-refractivity contribution in [3.8, 4) is 5.75 Å². The summed E-state index contributed by atoms with van der Waals surface area (Å²) >= 11 is 0. The summed E-state index contributed by atoms with van der Waals surface area (Å²) in [5.74, 6) is -4.97. The van der Waals surface area contributed by atoms with Gasteiger partial charge in [-0.2, -0.15) is 0 Å². The lowest BCUT2D eigenvalue weighted by Gasteiger charge is -2.22. The Morgan fingerprint density at radius 1 is 1.04 bits per heavy atom. The van der Waals surface area contributed by atoms with Crippen molar-refractivity contribution >= 4 is 11.8 Å². The van der Waals surface area contributed by atoms with Crippen LogP contribution in [-0.2, 0) is 11.2 Å². The van der Waals surface area contributed by atoms with Crippen molar-refractivity contribution in [1.29, 1.82) is 0 Å². The molecule has 0 spiro atoms. The Kier molecular flexibility index (Phi) is 7.43. The van der Waals surface area contributed by atoms with Crippen molar-refractivity contribution in [3.63, 3.8) is 0 Å². The Morgan fingerprint density at radius 3 is 2.43 bits per heavy atom. The molecule has 8 heteroatoms. The van der Waals surface area contributed by atoms with Crippen LogP contribution in [0, 0.1) is 17.5 Å². The van der Waals surface area contributed by atoms with Crippen molar-refractivity contribution in [3.05, 3.63) is 65.0 Å². The van der Waals surface area contributed by atoms with Gasteiger partial charge in [0.05, 0.1) is 12.7 Å². The highest BCUT2D eigenvalue weighted by atomic mass is 19.2. The summed E-state index contributed by atoms with van der Waals surface area (Å²) in [6.45, 7) is 2.01. The number of amides is 2. The summed E-state index contributed by atoms with van der Waals surface area (Å²) < 4.78 is 45.1. The molecular formula is C20H21F3N2O3. The molecule has 0 radical (unpaired) electrons. The van der Waals surface area contributed by atoms with Gasteiger partial charge in [-0.3, -0.25) is 9.59 Å². The second kappa shape index (κ2) is 9.77. The lowest BCUT2D eigenvalue weighted by atomic mass is 10.1. The van der Waals surface area contributed by atoms with Crippen LogP contribution in [0.15, 0.2) is 36.4 Å². The number of hydrogen-bond acceptors (Lipinski definition) is 3. The van der Waals surface area contributed by atoms with E-state index < -0.39 is 28.9 Å². The first-order valence-electron chi connectivity index (χ1n) is 8.64. The predicted octanol–water partition coefficient (Wildman–Crippen LogP) is 2.93.